The molecule has 0 unspecified atom stereocenters. The average molecular weight is 323 g/mol. The molecule has 0 N–H and O–H groups in total. The minimum atomic E-state index is -0.0967. The first kappa shape index (κ1) is 16.2. The van der Waals surface area contributed by atoms with Gasteiger partial charge in [-0.05, 0) is 12.8 Å². The highest BCUT2D eigenvalue weighted by Crippen LogP contribution is 2.24. The summed E-state index contributed by atoms with van der Waals surface area (Å²) in [6.45, 7) is 4.21. The fraction of sp³-hybridized carbons (Fsp3) is 0.316. The van der Waals surface area contributed by atoms with Gasteiger partial charge in [0.25, 0.3) is 0 Å². The van der Waals surface area contributed by atoms with Crippen LogP contribution in [0.3, 0.4) is 0 Å². The van der Waals surface area contributed by atoms with Gasteiger partial charge < -0.3 is 4.74 Å². The van der Waals surface area contributed by atoms with E-state index in [0.29, 0.717) is 22.9 Å². The van der Waals surface area contributed by atoms with Crippen LogP contribution in [0.4, 0.5) is 0 Å². The van der Waals surface area contributed by atoms with E-state index in [0.717, 1.165) is 30.5 Å². The summed E-state index contributed by atoms with van der Waals surface area (Å²) in [4.78, 5) is 21.6. The van der Waals surface area contributed by atoms with E-state index in [1.54, 1.807) is 25.4 Å². The molecule has 1 aromatic carbocycles. The highest BCUT2D eigenvalue weighted by Gasteiger charge is 2.19. The molecule has 0 bridgehead atoms. The Hall–Kier alpha value is -2.69. The first-order valence-corrected chi connectivity index (χ1v) is 8.24. The number of imidazole rings is 1. The van der Waals surface area contributed by atoms with Crippen molar-refractivity contribution in [3.05, 3.63) is 59.0 Å². The van der Waals surface area contributed by atoms with E-state index in [1.807, 2.05) is 22.6 Å². The lowest BCUT2D eigenvalue weighted by Gasteiger charge is -2.13. The molecular weight excluding hydrogens is 302 g/mol. The molecule has 5 heteroatoms. The van der Waals surface area contributed by atoms with E-state index in [9.17, 15) is 4.79 Å². The summed E-state index contributed by atoms with van der Waals surface area (Å²) in [6.07, 6.45) is 4.49. The zero-order valence-electron chi connectivity index (χ0n) is 14.2. The molecule has 3 rings (SSSR count). The number of rotatable bonds is 6. The monoisotopic (exact) mass is 323 g/mol. The number of nitrogens with zero attached hydrogens (tertiary/aromatic N) is 3. The minimum Gasteiger partial charge on any atom is -0.481 e. The quantitative estimate of drug-likeness (QED) is 0.652. The normalized spacial score (nSPS) is 11.0. The van der Waals surface area contributed by atoms with Gasteiger partial charge in [0.05, 0.1) is 7.11 Å². The van der Waals surface area contributed by atoms with Crippen molar-refractivity contribution < 1.29 is 9.53 Å². The summed E-state index contributed by atoms with van der Waals surface area (Å²) in [5.41, 5.74) is 3.21. The molecule has 0 spiro atoms. The van der Waals surface area contributed by atoms with Gasteiger partial charge in [-0.2, -0.15) is 4.98 Å². The number of hydrogen-bond acceptors (Lipinski definition) is 4. The van der Waals surface area contributed by atoms with Gasteiger partial charge in [0.15, 0.2) is 0 Å². The van der Waals surface area contributed by atoms with Crippen LogP contribution < -0.4 is 4.74 Å². The van der Waals surface area contributed by atoms with Crippen molar-refractivity contribution in [2.75, 3.05) is 7.11 Å². The summed E-state index contributed by atoms with van der Waals surface area (Å²) in [5, 5.41) is 0. The smallest absolute Gasteiger partial charge is 0.238 e. The fourth-order valence-electron chi connectivity index (χ4n) is 2.95. The van der Waals surface area contributed by atoms with Gasteiger partial charge in [-0.25, -0.2) is 4.98 Å². The van der Waals surface area contributed by atoms with Crippen LogP contribution in [0.1, 0.15) is 47.6 Å². The predicted octanol–water partition coefficient (Wildman–Crippen LogP) is 3.48. The summed E-state index contributed by atoms with van der Waals surface area (Å²) in [5.74, 6) is 1.00. The number of aryl methyl sites for hydroxylation is 1. The van der Waals surface area contributed by atoms with Gasteiger partial charge >= 0.3 is 0 Å². The Morgan fingerprint density at radius 3 is 2.54 bits per heavy atom. The second-order valence-corrected chi connectivity index (χ2v) is 5.64. The van der Waals surface area contributed by atoms with Crippen LogP contribution in [0.25, 0.3) is 5.78 Å². The number of methoxy groups -OCH3 is 1. The zero-order chi connectivity index (χ0) is 17.1. The number of carbonyl (C=O) groups is 1. The Bertz CT molecular complexity index is 869. The first-order valence-electron chi connectivity index (χ1n) is 8.24. The van der Waals surface area contributed by atoms with Crippen LogP contribution in [0.15, 0.2) is 36.5 Å². The molecule has 5 nitrogen and oxygen atoms in total. The van der Waals surface area contributed by atoms with Crippen LogP contribution in [0.5, 0.6) is 5.88 Å². The highest BCUT2D eigenvalue weighted by molar-refractivity contribution is 6.07. The lowest BCUT2D eigenvalue weighted by atomic mass is 10.1. The maximum absolute atomic E-state index is 12.7. The zero-order valence-corrected chi connectivity index (χ0v) is 14.2. The second-order valence-electron chi connectivity index (χ2n) is 5.64. The van der Waals surface area contributed by atoms with E-state index < -0.39 is 0 Å². The van der Waals surface area contributed by atoms with Crippen molar-refractivity contribution in [1.82, 2.24) is 14.4 Å². The number of ketones is 1. The van der Waals surface area contributed by atoms with Crippen LogP contribution in [-0.2, 0) is 12.8 Å². The van der Waals surface area contributed by atoms with Gasteiger partial charge in [-0.3, -0.25) is 9.20 Å². The molecular formula is C19H21N3O2. The van der Waals surface area contributed by atoms with Crippen molar-refractivity contribution in [3.8, 4) is 5.88 Å². The average Bonchev–Trinajstić information content (AvgIpc) is 3.05. The van der Waals surface area contributed by atoms with Crippen molar-refractivity contribution in [1.29, 1.82) is 0 Å². The lowest BCUT2D eigenvalue weighted by molar-refractivity contribution is 0.103. The third kappa shape index (κ3) is 2.77. The molecule has 3 aromatic rings. The van der Waals surface area contributed by atoms with E-state index in [2.05, 4.69) is 23.8 Å². The Labute approximate surface area is 141 Å². The third-order valence-electron chi connectivity index (χ3n) is 4.09. The number of fused-ring (bicyclic) bond motifs is 1. The molecule has 0 aliphatic heterocycles. The third-order valence-corrected chi connectivity index (χ3v) is 4.09. The minimum absolute atomic E-state index is 0.0967. The Morgan fingerprint density at radius 2 is 1.92 bits per heavy atom. The molecule has 124 valence electrons. The largest absolute Gasteiger partial charge is 0.481 e. The Balaban J connectivity index is 2.17. The molecule has 24 heavy (non-hydrogen) atoms. The fourth-order valence-corrected chi connectivity index (χ4v) is 2.95. The number of carbonyl (C=O) groups excluding carboxylic acids is 1. The van der Waals surface area contributed by atoms with Gasteiger partial charge in [0, 0.05) is 23.0 Å². The van der Waals surface area contributed by atoms with Gasteiger partial charge in [-0.15, -0.1) is 0 Å². The molecule has 0 amide bonds. The maximum Gasteiger partial charge on any atom is 0.238 e. The van der Waals surface area contributed by atoms with Crippen molar-refractivity contribution in [2.45, 2.75) is 33.1 Å². The SMILES string of the molecule is CCCc1c(CC)c(OC)nc2nc(C(=O)c3ccccc3)cn12. The van der Waals surface area contributed by atoms with Crippen molar-refractivity contribution >= 4 is 11.6 Å². The molecule has 0 saturated heterocycles. The van der Waals surface area contributed by atoms with Gasteiger partial charge in [0.2, 0.25) is 17.4 Å². The summed E-state index contributed by atoms with van der Waals surface area (Å²) >= 11 is 0. The second kappa shape index (κ2) is 6.83. The first-order chi connectivity index (χ1) is 11.7. The van der Waals surface area contributed by atoms with Crippen molar-refractivity contribution in [2.24, 2.45) is 0 Å². The van der Waals surface area contributed by atoms with Crippen LogP contribution in [-0.4, -0.2) is 27.3 Å². The summed E-state index contributed by atoms with van der Waals surface area (Å²) in [7, 11) is 1.62. The summed E-state index contributed by atoms with van der Waals surface area (Å²) < 4.78 is 7.37. The molecule has 0 aliphatic carbocycles. The number of hydrogen-bond donors (Lipinski definition) is 0. The lowest BCUT2D eigenvalue weighted by Crippen LogP contribution is -2.07. The van der Waals surface area contributed by atoms with Crippen molar-refractivity contribution in [3.63, 3.8) is 0 Å². The van der Waals surface area contributed by atoms with Crippen LogP contribution in [0.2, 0.25) is 0 Å². The Kier molecular flexibility index (Phi) is 4.60. The standard InChI is InChI=1S/C19H21N3O2/c1-4-9-16-14(5-2)18(24-3)21-19-20-15(12-22(16)19)17(23)13-10-7-6-8-11-13/h6-8,10-12H,4-5,9H2,1-3H3. The van der Waals surface area contributed by atoms with Gasteiger partial charge in [-0.1, -0.05) is 50.6 Å². The van der Waals surface area contributed by atoms with E-state index in [1.165, 1.54) is 0 Å². The summed E-state index contributed by atoms with van der Waals surface area (Å²) in [6, 6.07) is 9.18. The van der Waals surface area contributed by atoms with Crippen LogP contribution in [0, 0.1) is 0 Å². The molecule has 0 saturated carbocycles. The van der Waals surface area contributed by atoms with Crippen LogP contribution >= 0.6 is 0 Å². The topological polar surface area (TPSA) is 56.5 Å². The number of ether oxygens (including phenoxy) is 1. The molecule has 0 atom stereocenters. The van der Waals surface area contributed by atoms with E-state index >= 15 is 0 Å². The molecule has 0 fully saturated rings. The molecule has 0 aliphatic rings. The van der Waals surface area contributed by atoms with E-state index in [4.69, 9.17) is 4.74 Å². The van der Waals surface area contributed by atoms with Gasteiger partial charge in [0.1, 0.15) is 5.69 Å². The molecule has 0 radical (unpaired) electrons. The predicted molar refractivity (Wildman–Crippen MR) is 92.8 cm³/mol. The molecule has 2 heterocycles. The maximum atomic E-state index is 12.7. The number of aromatic nitrogens is 3. The van der Waals surface area contributed by atoms with E-state index in [-0.39, 0.29) is 5.78 Å². The highest BCUT2D eigenvalue weighted by atomic mass is 16.5. The molecule has 2 aromatic heterocycles. The Morgan fingerprint density at radius 1 is 1.17 bits per heavy atom. The number of benzene rings is 1.